The number of hydrogen-bond acceptors (Lipinski definition) is 9. The predicted molar refractivity (Wildman–Crippen MR) is 117 cm³/mol. The van der Waals surface area contributed by atoms with Crippen LogP contribution in [-0.4, -0.2) is 87.5 Å². The first-order valence-corrected chi connectivity index (χ1v) is 10.8. The van der Waals surface area contributed by atoms with Crippen LogP contribution in [0.25, 0.3) is 0 Å². The molecule has 4 rings (SSSR count). The monoisotopic (exact) mass is 459 g/mol. The van der Waals surface area contributed by atoms with Gasteiger partial charge in [-0.3, -0.25) is 19.3 Å². The zero-order chi connectivity index (χ0) is 24.6. The summed E-state index contributed by atoms with van der Waals surface area (Å²) in [5, 5.41) is 44.8. The van der Waals surface area contributed by atoms with E-state index in [1.54, 1.807) is 14.1 Å². The predicted octanol–water partition coefficient (Wildman–Crippen LogP) is 0.370. The highest BCUT2D eigenvalue weighted by atomic mass is 16.4. The summed E-state index contributed by atoms with van der Waals surface area (Å²) >= 11 is 0. The smallest absolute Gasteiger partial charge is 0.255 e. The Morgan fingerprint density at radius 1 is 1.06 bits per heavy atom. The van der Waals surface area contributed by atoms with E-state index in [9.17, 15) is 34.8 Å². The van der Waals surface area contributed by atoms with Gasteiger partial charge in [0.25, 0.3) is 5.91 Å². The minimum atomic E-state index is -2.52. The molecule has 0 aromatic carbocycles. The van der Waals surface area contributed by atoms with Gasteiger partial charge < -0.3 is 31.1 Å². The van der Waals surface area contributed by atoms with Gasteiger partial charge in [0, 0.05) is 37.7 Å². The van der Waals surface area contributed by atoms with E-state index in [-0.39, 0.29) is 29.8 Å². The lowest BCUT2D eigenvalue weighted by Gasteiger charge is -2.50. The maximum Gasteiger partial charge on any atom is 0.255 e. The lowest BCUT2D eigenvalue weighted by molar-refractivity contribution is -0.136. The minimum absolute atomic E-state index is 0.0527. The van der Waals surface area contributed by atoms with Crippen LogP contribution in [0.15, 0.2) is 45.3 Å². The normalized spacial score (nSPS) is 32.2. The third-order valence-electron chi connectivity index (χ3n) is 7.40. The molecule has 0 radical (unpaired) electrons. The highest BCUT2D eigenvalue weighted by molar-refractivity contribution is 6.22. The van der Waals surface area contributed by atoms with Crippen molar-refractivity contribution in [2.24, 2.45) is 17.6 Å². The molecule has 0 saturated heterocycles. The number of ketones is 2. The Morgan fingerprint density at radius 2 is 1.70 bits per heavy atom. The molecule has 1 amide bonds. The number of nitrogens with two attached hydrogens (primary N) is 1. The van der Waals surface area contributed by atoms with E-state index in [1.807, 2.05) is 19.0 Å². The average Bonchev–Trinajstić information content (AvgIpc) is 2.70. The number of carbonyl (C=O) groups is 3. The van der Waals surface area contributed by atoms with Gasteiger partial charge in [-0.05, 0) is 44.8 Å². The Bertz CT molecular complexity index is 1110. The van der Waals surface area contributed by atoms with Crippen LogP contribution in [-0.2, 0) is 14.4 Å². The lowest BCUT2D eigenvalue weighted by atomic mass is 9.59. The maximum atomic E-state index is 13.1. The number of allylic oxidation sites excluding steroid dienone is 4. The zero-order valence-electron chi connectivity index (χ0n) is 19.0. The molecule has 0 spiro atoms. The molecule has 10 heteroatoms. The lowest BCUT2D eigenvalue weighted by Crippen LogP contribution is -2.62. The number of rotatable bonds is 3. The van der Waals surface area contributed by atoms with Crippen LogP contribution in [0.3, 0.4) is 0 Å². The molecule has 0 fully saturated rings. The molecular weight excluding hydrogens is 430 g/mol. The van der Waals surface area contributed by atoms with Gasteiger partial charge in [-0.15, -0.1) is 0 Å². The molecule has 4 aliphatic rings. The number of fused-ring (bicyclic) bond motifs is 3. The summed E-state index contributed by atoms with van der Waals surface area (Å²) in [6.07, 6.45) is 1.13. The summed E-state index contributed by atoms with van der Waals surface area (Å²) in [6.45, 7) is 0. The second-order valence-electron chi connectivity index (χ2n) is 9.60. The summed E-state index contributed by atoms with van der Waals surface area (Å²) in [5.41, 5.74) is 3.65. The van der Waals surface area contributed by atoms with Crippen molar-refractivity contribution in [1.82, 2.24) is 9.80 Å². The first kappa shape index (κ1) is 23.1. The van der Waals surface area contributed by atoms with E-state index in [0.717, 1.165) is 5.70 Å². The number of primary amides is 1. The van der Waals surface area contributed by atoms with Gasteiger partial charge in [-0.2, -0.15) is 0 Å². The van der Waals surface area contributed by atoms with E-state index >= 15 is 0 Å². The second kappa shape index (κ2) is 7.46. The number of aliphatic hydroxyl groups is 4. The first-order chi connectivity index (χ1) is 15.3. The Labute approximate surface area is 191 Å². The van der Waals surface area contributed by atoms with Crippen molar-refractivity contribution in [1.29, 1.82) is 0 Å². The highest BCUT2D eigenvalue weighted by Crippen LogP contribution is 2.55. The molecular formula is C23H29N3O7. The second-order valence-corrected chi connectivity index (χ2v) is 9.60. The van der Waals surface area contributed by atoms with E-state index in [2.05, 4.69) is 0 Å². The number of amides is 1. The van der Waals surface area contributed by atoms with Crippen molar-refractivity contribution in [3.05, 3.63) is 45.3 Å². The van der Waals surface area contributed by atoms with Crippen LogP contribution in [0.5, 0.6) is 0 Å². The maximum absolute atomic E-state index is 13.1. The number of Topliss-reactive ketones (excluding diaryl/α,β-unsaturated/α-hetero) is 2. The Hall–Kier alpha value is -3.11. The summed E-state index contributed by atoms with van der Waals surface area (Å²) in [4.78, 5) is 41.2. The zero-order valence-corrected chi connectivity index (χ0v) is 19.0. The van der Waals surface area contributed by atoms with Gasteiger partial charge in [-0.1, -0.05) is 0 Å². The minimum Gasteiger partial charge on any atom is -0.508 e. The van der Waals surface area contributed by atoms with Crippen molar-refractivity contribution in [2.45, 2.75) is 37.3 Å². The number of aliphatic hydroxyl groups excluding tert-OH is 3. The van der Waals surface area contributed by atoms with Crippen LogP contribution in [0.2, 0.25) is 0 Å². The molecule has 0 aromatic rings. The highest BCUT2D eigenvalue weighted by Gasteiger charge is 2.62. The van der Waals surface area contributed by atoms with E-state index < -0.39 is 58.0 Å². The van der Waals surface area contributed by atoms with Crippen molar-refractivity contribution >= 4 is 17.5 Å². The van der Waals surface area contributed by atoms with Crippen molar-refractivity contribution in [3.63, 3.8) is 0 Å². The molecule has 0 bridgehead atoms. The van der Waals surface area contributed by atoms with Gasteiger partial charge in [-0.25, -0.2) is 0 Å². The largest absolute Gasteiger partial charge is 0.508 e. The van der Waals surface area contributed by atoms with Crippen molar-refractivity contribution < 1.29 is 34.8 Å². The first-order valence-electron chi connectivity index (χ1n) is 10.8. The molecule has 0 saturated carbocycles. The molecule has 4 aliphatic carbocycles. The molecule has 0 aliphatic heterocycles. The van der Waals surface area contributed by atoms with Gasteiger partial charge in [0.1, 0.15) is 22.9 Å². The molecule has 178 valence electrons. The van der Waals surface area contributed by atoms with E-state index in [1.165, 1.54) is 4.90 Å². The topological polar surface area (TPSA) is 165 Å². The van der Waals surface area contributed by atoms with E-state index in [0.29, 0.717) is 18.4 Å². The quantitative estimate of drug-likeness (QED) is 0.375. The van der Waals surface area contributed by atoms with Gasteiger partial charge in [0.05, 0.1) is 11.6 Å². The summed E-state index contributed by atoms with van der Waals surface area (Å²) < 4.78 is 0. The molecule has 0 aromatic heterocycles. The SMILES string of the molecule is CN(C)C1=C2C[C@H]3C[C@H]4[C@H](N(C)C)C(=O)C(C(N)=O)=C(O)[C@@]4(O)C(O)=C3C(O)=C2C(=O)CC1. The van der Waals surface area contributed by atoms with Crippen molar-refractivity contribution in [3.8, 4) is 0 Å². The van der Waals surface area contributed by atoms with Crippen LogP contribution in [0, 0.1) is 11.8 Å². The fourth-order valence-electron chi connectivity index (χ4n) is 5.97. The van der Waals surface area contributed by atoms with Crippen LogP contribution < -0.4 is 5.73 Å². The molecule has 10 nitrogen and oxygen atoms in total. The molecule has 33 heavy (non-hydrogen) atoms. The third-order valence-corrected chi connectivity index (χ3v) is 7.40. The fourth-order valence-corrected chi connectivity index (χ4v) is 5.97. The van der Waals surface area contributed by atoms with Gasteiger partial charge in [0.2, 0.25) is 0 Å². The van der Waals surface area contributed by atoms with Gasteiger partial charge in [0.15, 0.2) is 17.2 Å². The number of likely N-dealkylation sites (N-methyl/N-ethyl adjacent to an activating group) is 1. The van der Waals surface area contributed by atoms with Crippen LogP contribution in [0.4, 0.5) is 0 Å². The average molecular weight is 459 g/mol. The Kier molecular flexibility index (Phi) is 5.21. The summed E-state index contributed by atoms with van der Waals surface area (Å²) in [7, 11) is 6.88. The Balaban J connectivity index is 2.03. The Morgan fingerprint density at radius 3 is 2.24 bits per heavy atom. The molecule has 0 unspecified atom stereocenters. The van der Waals surface area contributed by atoms with E-state index in [4.69, 9.17) is 5.73 Å². The van der Waals surface area contributed by atoms with Crippen LogP contribution in [0.1, 0.15) is 25.7 Å². The number of carbonyl (C=O) groups excluding carboxylic acids is 3. The third kappa shape index (κ3) is 2.97. The van der Waals surface area contributed by atoms with Crippen LogP contribution >= 0.6 is 0 Å². The fraction of sp³-hybridized carbons (Fsp3) is 0.522. The molecule has 0 heterocycles. The van der Waals surface area contributed by atoms with Gasteiger partial charge >= 0.3 is 0 Å². The summed E-state index contributed by atoms with van der Waals surface area (Å²) in [5.74, 6) is -6.03. The van der Waals surface area contributed by atoms with Crippen molar-refractivity contribution in [2.75, 3.05) is 28.2 Å². The number of nitrogens with zero attached hydrogens (tertiary/aromatic N) is 2. The molecule has 4 atom stereocenters. The number of hydrogen-bond donors (Lipinski definition) is 5. The molecule has 6 N–H and O–H groups in total. The standard InChI is InChI=1S/C23H29N3O7/c1-25(2)12-5-6-13(27)15-10(12)7-9-8-11-17(26(3)4)19(29)16(22(24)32)21(31)23(11,33)20(30)14(9)18(15)28/h9,11,17,28,30-31,33H,5-8H2,1-4H3,(H2,24,32)/t9-,11-,17-,23-/m0/s1. The summed E-state index contributed by atoms with van der Waals surface area (Å²) in [6, 6.07) is -1.06.